The third-order valence-corrected chi connectivity index (χ3v) is 7.65. The number of hydrogen-bond acceptors (Lipinski definition) is 14. The number of nitrogens with zero attached hydrogens (tertiary/aromatic N) is 2. The molecule has 4 atom stereocenters. The number of carbonyl (C=O) groups is 1. The van der Waals surface area contributed by atoms with Gasteiger partial charge in [0, 0.05) is 26.2 Å². The molecule has 0 aromatic carbocycles. The van der Waals surface area contributed by atoms with E-state index in [1.165, 1.54) is 6.92 Å². The normalized spacial score (nSPS) is 31.2. The fourth-order valence-corrected chi connectivity index (χ4v) is 4.11. The zero-order chi connectivity index (χ0) is 34.7. The number of hydrogen-bond donors (Lipinski definition) is 3. The Bertz CT molecular complexity index is 934. The van der Waals surface area contributed by atoms with Gasteiger partial charge in [-0.2, -0.15) is 0 Å². The maximum Gasteiger partial charge on any atom is 0.155 e. The molecule has 270 valence electrons. The number of morpholine rings is 2. The molecule has 4 unspecified atom stereocenters. The molecule has 0 aliphatic carbocycles. The first kappa shape index (κ1) is 41.1. The van der Waals surface area contributed by atoms with Gasteiger partial charge in [0.15, 0.2) is 5.78 Å². The molecule has 0 aromatic rings. The van der Waals surface area contributed by atoms with E-state index in [0.717, 1.165) is 52.6 Å². The number of aliphatic hydroxyl groups is 3. The van der Waals surface area contributed by atoms with Gasteiger partial charge in [-0.1, -0.05) is 0 Å². The fourth-order valence-electron chi connectivity index (χ4n) is 4.11. The molecule has 4 heterocycles. The smallest absolute Gasteiger partial charge is 0.155 e. The number of ketones is 1. The number of carbonyl (C=O) groups excluding carboxylic acids is 1. The highest BCUT2D eigenvalue weighted by atomic mass is 16.6. The van der Waals surface area contributed by atoms with Crippen LogP contribution < -0.4 is 0 Å². The van der Waals surface area contributed by atoms with Crippen LogP contribution in [0.4, 0.5) is 0 Å². The monoisotopic (exact) mass is 672 g/mol. The highest BCUT2D eigenvalue weighted by Crippen LogP contribution is 2.26. The summed E-state index contributed by atoms with van der Waals surface area (Å²) in [5.41, 5.74) is -2.24. The Balaban J connectivity index is 0.000000371. The first-order valence-corrected chi connectivity index (χ1v) is 16.1. The van der Waals surface area contributed by atoms with Crippen molar-refractivity contribution in [2.45, 2.75) is 57.0 Å². The Morgan fingerprint density at radius 1 is 0.638 bits per heavy atom. The van der Waals surface area contributed by atoms with E-state index in [2.05, 4.69) is 33.9 Å². The van der Waals surface area contributed by atoms with Gasteiger partial charge in [0.1, 0.15) is 54.4 Å². The van der Waals surface area contributed by atoms with Crippen molar-refractivity contribution < 1.29 is 58.0 Å². The van der Waals surface area contributed by atoms with Crippen molar-refractivity contribution in [2.75, 3.05) is 125 Å². The molecule has 4 aliphatic rings. The lowest BCUT2D eigenvalue weighted by Gasteiger charge is -2.41. The van der Waals surface area contributed by atoms with Crippen molar-refractivity contribution >= 4 is 5.78 Å². The lowest BCUT2D eigenvalue weighted by atomic mass is 10.0. The van der Waals surface area contributed by atoms with Crippen molar-refractivity contribution in [1.29, 1.82) is 0 Å². The molecular formula is C33H56N2O12. The van der Waals surface area contributed by atoms with Crippen LogP contribution in [-0.4, -0.2) is 178 Å². The van der Waals surface area contributed by atoms with E-state index in [0.29, 0.717) is 52.7 Å². The summed E-state index contributed by atoms with van der Waals surface area (Å²) in [5.74, 6) is 5.91. The van der Waals surface area contributed by atoms with E-state index in [4.69, 9.17) is 53.2 Å². The number of ether oxygens (including phenoxy) is 8. The van der Waals surface area contributed by atoms with Gasteiger partial charge in [-0.3, -0.25) is 14.6 Å². The molecule has 0 radical (unpaired) electrons. The maximum absolute atomic E-state index is 9.56. The number of aliphatic hydroxyl groups excluding tert-OH is 3. The van der Waals surface area contributed by atoms with E-state index in [-0.39, 0.29) is 25.6 Å². The van der Waals surface area contributed by atoms with Gasteiger partial charge in [-0.25, -0.2) is 0 Å². The molecule has 4 rings (SSSR count). The van der Waals surface area contributed by atoms with Crippen LogP contribution in [0, 0.1) is 24.1 Å². The summed E-state index contributed by atoms with van der Waals surface area (Å²) < 4.78 is 44.5. The van der Waals surface area contributed by atoms with Gasteiger partial charge in [-0.05, 0) is 46.5 Å². The number of Topliss-reactive ketones (excluding diaryl/α,β-unsaturated/α-hetero) is 1. The molecule has 4 aliphatic heterocycles. The lowest BCUT2D eigenvalue weighted by molar-refractivity contribution is -0.242. The fraction of sp³-hybridized carbons (Fsp3) is 0.848. The Kier molecular flexibility index (Phi) is 18.5. The zero-order valence-corrected chi connectivity index (χ0v) is 28.8. The summed E-state index contributed by atoms with van der Waals surface area (Å²) in [6.07, 6.45) is 5.56. The molecule has 4 saturated heterocycles. The van der Waals surface area contributed by atoms with Crippen LogP contribution in [0.3, 0.4) is 0 Å². The third kappa shape index (κ3) is 16.8. The second kappa shape index (κ2) is 21.1. The minimum Gasteiger partial charge on any atom is -0.443 e. The molecule has 14 heteroatoms. The highest BCUT2D eigenvalue weighted by Gasteiger charge is 2.41. The maximum atomic E-state index is 9.56. The van der Waals surface area contributed by atoms with Gasteiger partial charge in [0.2, 0.25) is 0 Å². The van der Waals surface area contributed by atoms with Crippen molar-refractivity contribution in [3.8, 4) is 24.1 Å². The van der Waals surface area contributed by atoms with Gasteiger partial charge in [0.25, 0.3) is 0 Å². The topological polar surface area (TPSA) is 158 Å². The van der Waals surface area contributed by atoms with E-state index in [1.54, 1.807) is 13.8 Å². The average Bonchev–Trinajstić information content (AvgIpc) is 3.09. The Morgan fingerprint density at radius 3 is 1.23 bits per heavy atom. The lowest BCUT2D eigenvalue weighted by Crippen LogP contribution is -2.54. The molecule has 0 saturated carbocycles. The molecule has 14 nitrogen and oxygen atoms in total. The molecule has 0 amide bonds. The molecule has 0 spiro atoms. The van der Waals surface area contributed by atoms with Crippen LogP contribution in [0.15, 0.2) is 0 Å². The molecule has 4 fully saturated rings. The first-order chi connectivity index (χ1) is 22.4. The van der Waals surface area contributed by atoms with Crippen LogP contribution in [0.5, 0.6) is 0 Å². The van der Waals surface area contributed by atoms with Crippen LogP contribution in [0.2, 0.25) is 0 Å². The van der Waals surface area contributed by atoms with Crippen LogP contribution in [0.1, 0.15) is 34.6 Å². The second-order valence-electron chi connectivity index (χ2n) is 13.0. The SMILES string of the molecule is CC(=O)CO.CC1(CO)COC(C)(CO)CO1.CC1(COC#CCN2CCOCC2)COC(C)(COC#CCN2CCOCC2)CO1. The number of rotatable bonds is 9. The largest absolute Gasteiger partial charge is 0.443 e. The first-order valence-electron chi connectivity index (χ1n) is 16.1. The minimum absolute atomic E-state index is 0.0610. The van der Waals surface area contributed by atoms with Crippen LogP contribution in [-0.2, 0) is 42.7 Å². The Labute approximate surface area is 279 Å². The summed E-state index contributed by atoms with van der Waals surface area (Å²) in [6, 6.07) is 0. The molecule has 0 aromatic heterocycles. The van der Waals surface area contributed by atoms with E-state index in [9.17, 15) is 4.79 Å². The zero-order valence-electron chi connectivity index (χ0n) is 28.8. The summed E-state index contributed by atoms with van der Waals surface area (Å²) in [4.78, 5) is 14.1. The average molecular weight is 673 g/mol. The van der Waals surface area contributed by atoms with Crippen molar-refractivity contribution in [2.24, 2.45) is 0 Å². The predicted molar refractivity (Wildman–Crippen MR) is 171 cm³/mol. The van der Waals surface area contributed by atoms with Gasteiger partial charge in [0.05, 0.1) is 79.2 Å². The van der Waals surface area contributed by atoms with E-state index >= 15 is 0 Å². The van der Waals surface area contributed by atoms with Crippen molar-refractivity contribution in [3.05, 3.63) is 0 Å². The molecule has 47 heavy (non-hydrogen) atoms. The van der Waals surface area contributed by atoms with Gasteiger partial charge < -0.3 is 53.2 Å². The standard InChI is InChI=1S/C22H34N2O6.C8H16O4.C3H6O2/c1-21(17-27-11-3-5-23-7-13-25-14-8-23)19-30-22(2,20-29-21)18-28-12-4-6-24-9-15-26-16-10-24;1-7(3-9)5-12-8(2,4-10)6-11-7;1-3(5)2-4/h5-10,13-20H2,1-2H3;9-10H,3-6H2,1-2H3;4H,2H2,1H3. The highest BCUT2D eigenvalue weighted by molar-refractivity contribution is 5.76. The quantitative estimate of drug-likeness (QED) is 0.264. The summed E-state index contributed by atoms with van der Waals surface area (Å²) in [7, 11) is 0. The molecule has 0 bridgehead atoms. The predicted octanol–water partition coefficient (Wildman–Crippen LogP) is -0.727. The molecule has 3 N–H and O–H groups in total. The van der Waals surface area contributed by atoms with E-state index < -0.39 is 22.4 Å². The second-order valence-corrected chi connectivity index (χ2v) is 13.0. The minimum atomic E-state index is -0.602. The van der Waals surface area contributed by atoms with E-state index in [1.807, 2.05) is 13.8 Å². The summed E-state index contributed by atoms with van der Waals surface area (Å²) in [6.45, 7) is 18.7. The Morgan fingerprint density at radius 2 is 0.957 bits per heavy atom. The molecular weight excluding hydrogens is 616 g/mol. The van der Waals surface area contributed by atoms with Crippen LogP contribution in [0.25, 0.3) is 0 Å². The summed E-state index contributed by atoms with van der Waals surface area (Å²) in [5, 5.41) is 25.6. The summed E-state index contributed by atoms with van der Waals surface area (Å²) >= 11 is 0. The Hall–Kier alpha value is -2.05. The van der Waals surface area contributed by atoms with Crippen molar-refractivity contribution in [3.63, 3.8) is 0 Å². The van der Waals surface area contributed by atoms with Crippen molar-refractivity contribution in [1.82, 2.24) is 9.80 Å². The van der Waals surface area contributed by atoms with Crippen LogP contribution >= 0.6 is 0 Å². The van der Waals surface area contributed by atoms with Gasteiger partial charge >= 0.3 is 0 Å². The third-order valence-electron chi connectivity index (χ3n) is 7.65. The van der Waals surface area contributed by atoms with Gasteiger partial charge in [-0.15, -0.1) is 0 Å².